The molecular weight excluding hydrogens is 444 g/mol. The van der Waals surface area contributed by atoms with Crippen molar-refractivity contribution < 1.29 is 33.3 Å². The van der Waals surface area contributed by atoms with E-state index < -0.39 is 48.5 Å². The van der Waals surface area contributed by atoms with E-state index in [1.54, 1.807) is 35.0 Å². The lowest BCUT2D eigenvalue weighted by atomic mass is 9.95. The number of nitrogens with zero attached hydrogens (tertiary/aromatic N) is 4. The summed E-state index contributed by atoms with van der Waals surface area (Å²) in [5.41, 5.74) is 9.88. The molecule has 12 heteroatoms. The summed E-state index contributed by atoms with van der Waals surface area (Å²) in [6, 6.07) is 5.83. The molecule has 11 nitrogen and oxygen atoms in total. The van der Waals surface area contributed by atoms with Gasteiger partial charge in [-0.2, -0.15) is 0 Å². The molecule has 0 aliphatic carbocycles. The summed E-state index contributed by atoms with van der Waals surface area (Å²) >= 11 is 6.08. The second-order valence-corrected chi connectivity index (χ2v) is 7.57. The first kappa shape index (κ1) is 23.4. The van der Waals surface area contributed by atoms with Crippen molar-refractivity contribution in [3.05, 3.63) is 45.9 Å². The van der Waals surface area contributed by atoms with Crippen molar-refractivity contribution in [3.8, 4) is 0 Å². The van der Waals surface area contributed by atoms with Gasteiger partial charge < -0.3 is 23.5 Å². The van der Waals surface area contributed by atoms with Crippen molar-refractivity contribution in [1.82, 2.24) is 4.57 Å². The molecule has 0 saturated carbocycles. The van der Waals surface area contributed by atoms with E-state index in [2.05, 4.69) is 10.0 Å². The van der Waals surface area contributed by atoms with Crippen molar-refractivity contribution in [2.45, 2.75) is 51.4 Å². The Morgan fingerprint density at radius 1 is 1.12 bits per heavy atom. The molecule has 1 aliphatic rings. The number of carbonyl (C=O) groups is 3. The van der Waals surface area contributed by atoms with Gasteiger partial charge in [-0.05, 0) is 29.8 Å². The third-order valence-corrected chi connectivity index (χ3v) is 5.07. The van der Waals surface area contributed by atoms with Crippen LogP contribution in [0.5, 0.6) is 0 Å². The standard InChI is InChI=1S/C20H21ClN4O7/c1-10(26)29-9-16-18(30-11(2)27)17(23-24-22)19(31-12(3)28)20(32-16)25-7-6-13-8-14(21)4-5-15(13)25/h4-8,16-20H,9H2,1-3H3/t16-,17?,18+,19-,20-/m1/s1. The number of esters is 3. The van der Waals surface area contributed by atoms with Gasteiger partial charge in [0, 0.05) is 42.3 Å². The van der Waals surface area contributed by atoms with Gasteiger partial charge in [-0.25, -0.2) is 0 Å². The minimum atomic E-state index is -1.17. The van der Waals surface area contributed by atoms with Gasteiger partial charge in [0.25, 0.3) is 0 Å². The number of carbonyl (C=O) groups excluding carboxylic acids is 3. The van der Waals surface area contributed by atoms with E-state index in [4.69, 9.17) is 30.5 Å². The van der Waals surface area contributed by atoms with Gasteiger partial charge in [0.15, 0.2) is 12.3 Å². The maximum atomic E-state index is 11.9. The van der Waals surface area contributed by atoms with E-state index in [1.165, 1.54) is 20.8 Å². The summed E-state index contributed by atoms with van der Waals surface area (Å²) in [5, 5.41) is 5.08. The number of azide groups is 1. The number of fused-ring (bicyclic) bond motifs is 1. The monoisotopic (exact) mass is 464 g/mol. The zero-order chi connectivity index (χ0) is 23.4. The van der Waals surface area contributed by atoms with Crippen LogP contribution in [-0.4, -0.2) is 53.4 Å². The number of halogens is 1. The second-order valence-electron chi connectivity index (χ2n) is 7.14. The quantitative estimate of drug-likeness (QED) is 0.210. The van der Waals surface area contributed by atoms with Gasteiger partial charge in [0.1, 0.15) is 24.9 Å². The first-order valence-corrected chi connectivity index (χ1v) is 10.0. The molecule has 2 heterocycles. The lowest BCUT2D eigenvalue weighted by molar-refractivity contribution is -0.233. The molecule has 170 valence electrons. The Balaban J connectivity index is 2.11. The van der Waals surface area contributed by atoms with Crippen LogP contribution in [0.2, 0.25) is 5.02 Å². The van der Waals surface area contributed by atoms with E-state index in [-0.39, 0.29) is 6.61 Å². The van der Waals surface area contributed by atoms with E-state index in [0.29, 0.717) is 10.5 Å². The molecule has 1 aromatic heterocycles. The summed E-state index contributed by atoms with van der Waals surface area (Å²) in [6.07, 6.45) is -2.60. The van der Waals surface area contributed by atoms with Crippen LogP contribution in [-0.2, 0) is 33.3 Å². The van der Waals surface area contributed by atoms with E-state index in [0.717, 1.165) is 5.39 Å². The third-order valence-electron chi connectivity index (χ3n) is 4.83. The molecule has 0 bridgehead atoms. The zero-order valence-corrected chi connectivity index (χ0v) is 18.3. The van der Waals surface area contributed by atoms with E-state index in [9.17, 15) is 19.9 Å². The van der Waals surface area contributed by atoms with Crippen molar-refractivity contribution in [1.29, 1.82) is 0 Å². The molecule has 1 unspecified atom stereocenters. The molecule has 0 spiro atoms. The lowest BCUT2D eigenvalue weighted by Gasteiger charge is -2.44. The van der Waals surface area contributed by atoms with E-state index in [1.807, 2.05) is 0 Å². The molecule has 0 N–H and O–H groups in total. The Kier molecular flexibility index (Phi) is 7.24. The summed E-state index contributed by atoms with van der Waals surface area (Å²) in [6.45, 7) is 3.31. The van der Waals surface area contributed by atoms with Crippen molar-refractivity contribution in [2.24, 2.45) is 5.11 Å². The number of rotatable bonds is 6. The normalized spacial score (nSPS) is 24.9. The maximum Gasteiger partial charge on any atom is 0.303 e. The Labute approximate surface area is 187 Å². The minimum absolute atomic E-state index is 0.279. The highest BCUT2D eigenvalue weighted by molar-refractivity contribution is 6.31. The zero-order valence-electron chi connectivity index (χ0n) is 17.5. The minimum Gasteiger partial charge on any atom is -0.463 e. The van der Waals surface area contributed by atoms with Gasteiger partial charge in [-0.3, -0.25) is 14.4 Å². The van der Waals surface area contributed by atoms with Gasteiger partial charge >= 0.3 is 17.9 Å². The number of ether oxygens (including phenoxy) is 4. The fraction of sp³-hybridized carbons (Fsp3) is 0.450. The average molecular weight is 465 g/mol. The fourth-order valence-corrected chi connectivity index (χ4v) is 3.85. The number of aromatic nitrogens is 1. The number of benzene rings is 1. The highest BCUT2D eigenvalue weighted by Gasteiger charge is 2.50. The topological polar surface area (TPSA) is 142 Å². The SMILES string of the molecule is CC(=O)OC[C@H]1O[C@@H](n2ccc3cc(Cl)ccc32)[C@H](OC(C)=O)C(N=[N+]=[N-])[C@H]1OC(C)=O. The second kappa shape index (κ2) is 9.90. The molecule has 5 atom stereocenters. The van der Waals surface area contributed by atoms with Gasteiger partial charge in [-0.15, -0.1) is 0 Å². The molecule has 0 radical (unpaired) electrons. The van der Waals surface area contributed by atoms with Crippen LogP contribution in [0.4, 0.5) is 0 Å². The summed E-state index contributed by atoms with van der Waals surface area (Å²) in [4.78, 5) is 37.9. The predicted octanol–water partition coefficient (Wildman–Crippen LogP) is 3.30. The molecule has 32 heavy (non-hydrogen) atoms. The van der Waals surface area contributed by atoms with Crippen LogP contribution in [0.15, 0.2) is 35.6 Å². The first-order chi connectivity index (χ1) is 15.2. The Morgan fingerprint density at radius 3 is 2.44 bits per heavy atom. The number of hydrogen-bond acceptors (Lipinski definition) is 8. The Hall–Kier alpha value is -3.27. The van der Waals surface area contributed by atoms with Crippen LogP contribution in [0, 0.1) is 0 Å². The Morgan fingerprint density at radius 2 is 1.81 bits per heavy atom. The largest absolute Gasteiger partial charge is 0.463 e. The summed E-state index contributed by atoms with van der Waals surface area (Å²) in [7, 11) is 0. The van der Waals surface area contributed by atoms with Gasteiger partial charge in [-0.1, -0.05) is 16.7 Å². The molecule has 0 amide bonds. The molecular formula is C20H21ClN4O7. The average Bonchev–Trinajstić information content (AvgIpc) is 3.11. The summed E-state index contributed by atoms with van der Waals surface area (Å²) < 4.78 is 23.7. The van der Waals surface area contributed by atoms with Crippen molar-refractivity contribution in [3.63, 3.8) is 0 Å². The molecule has 1 saturated heterocycles. The number of hydrogen-bond donors (Lipinski definition) is 0. The van der Waals surface area contributed by atoms with E-state index >= 15 is 0 Å². The van der Waals surface area contributed by atoms with Gasteiger partial charge in [0.05, 0.1) is 5.52 Å². The molecule has 2 aromatic rings. The van der Waals surface area contributed by atoms with Crippen molar-refractivity contribution >= 4 is 40.4 Å². The van der Waals surface area contributed by atoms with Crippen LogP contribution >= 0.6 is 11.6 Å². The van der Waals surface area contributed by atoms with Gasteiger partial charge in [0.2, 0.25) is 0 Å². The van der Waals surface area contributed by atoms with Crippen LogP contribution < -0.4 is 0 Å². The summed E-state index contributed by atoms with van der Waals surface area (Å²) in [5.74, 6) is -1.90. The highest BCUT2D eigenvalue weighted by atomic mass is 35.5. The fourth-order valence-electron chi connectivity index (χ4n) is 3.67. The smallest absolute Gasteiger partial charge is 0.303 e. The molecule has 1 aromatic carbocycles. The van der Waals surface area contributed by atoms with Crippen LogP contribution in [0.3, 0.4) is 0 Å². The predicted molar refractivity (Wildman–Crippen MR) is 112 cm³/mol. The molecule has 1 fully saturated rings. The van der Waals surface area contributed by atoms with Crippen molar-refractivity contribution in [2.75, 3.05) is 6.61 Å². The first-order valence-electron chi connectivity index (χ1n) is 9.65. The van der Waals surface area contributed by atoms with Crippen LogP contribution in [0.25, 0.3) is 21.3 Å². The molecule has 3 rings (SSSR count). The third kappa shape index (κ3) is 5.13. The Bertz CT molecular complexity index is 1080. The highest BCUT2D eigenvalue weighted by Crippen LogP contribution is 2.37. The maximum absolute atomic E-state index is 11.9. The lowest BCUT2D eigenvalue weighted by Crippen LogP contribution is -2.58. The molecule has 1 aliphatic heterocycles. The van der Waals surface area contributed by atoms with Crippen LogP contribution in [0.1, 0.15) is 27.0 Å².